The second-order valence-electron chi connectivity index (χ2n) is 6.45. The zero-order valence-electron chi connectivity index (χ0n) is 12.9. The van der Waals surface area contributed by atoms with Crippen molar-refractivity contribution in [1.29, 1.82) is 0 Å². The molecule has 2 aliphatic heterocycles. The van der Waals surface area contributed by atoms with Crippen molar-refractivity contribution in [2.75, 3.05) is 20.1 Å². The Balaban J connectivity index is 1.84. The average molecular weight is 312 g/mol. The number of rotatable bonds is 3. The number of aromatic nitrogens is 2. The zero-order valence-corrected chi connectivity index (χ0v) is 13.8. The topological polar surface area (TPSA) is 58.4 Å². The third kappa shape index (κ3) is 2.62. The maximum Gasteiger partial charge on any atom is 0.246 e. The number of nitrogens with zero attached hydrogens (tertiary/aromatic N) is 4. The summed E-state index contributed by atoms with van der Waals surface area (Å²) >= 11 is 0. The normalized spacial score (nSPS) is 28.2. The predicted octanol–water partition coefficient (Wildman–Crippen LogP) is 1.32. The molecular formula is C14H24N4O2S. The summed E-state index contributed by atoms with van der Waals surface area (Å²) in [6.07, 6.45) is 6.33. The minimum Gasteiger partial charge on any atom is -0.299 e. The summed E-state index contributed by atoms with van der Waals surface area (Å²) in [6, 6.07) is 1.06. The van der Waals surface area contributed by atoms with E-state index in [0.29, 0.717) is 30.1 Å². The van der Waals surface area contributed by atoms with E-state index in [1.807, 2.05) is 13.8 Å². The highest BCUT2D eigenvalue weighted by atomic mass is 32.2. The van der Waals surface area contributed by atoms with E-state index in [0.717, 1.165) is 12.8 Å². The lowest BCUT2D eigenvalue weighted by atomic mass is 10.1. The highest BCUT2D eigenvalue weighted by molar-refractivity contribution is 7.89. The summed E-state index contributed by atoms with van der Waals surface area (Å²) in [5, 5.41) is 4.16. The van der Waals surface area contributed by atoms with Gasteiger partial charge in [-0.3, -0.25) is 9.58 Å². The first-order chi connectivity index (χ1) is 9.89. The molecule has 0 N–H and O–H groups in total. The molecule has 3 heterocycles. The zero-order chi connectivity index (χ0) is 15.2. The average Bonchev–Trinajstić information content (AvgIpc) is 2.96. The summed E-state index contributed by atoms with van der Waals surface area (Å²) < 4.78 is 29.0. The lowest BCUT2D eigenvalue weighted by molar-refractivity contribution is 0.246. The molecule has 21 heavy (non-hydrogen) atoms. The molecule has 2 bridgehead atoms. The summed E-state index contributed by atoms with van der Waals surface area (Å²) in [7, 11) is -1.30. The Morgan fingerprint density at radius 3 is 2.62 bits per heavy atom. The molecule has 0 aliphatic carbocycles. The minimum absolute atomic E-state index is 0.167. The Labute approximate surface area is 126 Å². The van der Waals surface area contributed by atoms with E-state index in [9.17, 15) is 8.42 Å². The van der Waals surface area contributed by atoms with Gasteiger partial charge in [0.15, 0.2) is 0 Å². The van der Waals surface area contributed by atoms with E-state index in [4.69, 9.17) is 0 Å². The molecule has 1 aromatic heterocycles. The second-order valence-corrected chi connectivity index (χ2v) is 8.39. The van der Waals surface area contributed by atoms with Crippen LogP contribution < -0.4 is 0 Å². The lowest BCUT2D eigenvalue weighted by Crippen LogP contribution is -2.39. The van der Waals surface area contributed by atoms with Gasteiger partial charge in [0, 0.05) is 37.4 Å². The van der Waals surface area contributed by atoms with E-state index < -0.39 is 10.0 Å². The van der Waals surface area contributed by atoms with Crippen molar-refractivity contribution in [3.8, 4) is 0 Å². The maximum atomic E-state index is 12.8. The van der Waals surface area contributed by atoms with Gasteiger partial charge in [0.1, 0.15) is 4.90 Å². The van der Waals surface area contributed by atoms with Gasteiger partial charge in [-0.05, 0) is 40.2 Å². The van der Waals surface area contributed by atoms with Crippen LogP contribution in [0.3, 0.4) is 0 Å². The van der Waals surface area contributed by atoms with Gasteiger partial charge in [-0.1, -0.05) is 0 Å². The van der Waals surface area contributed by atoms with Crippen LogP contribution in [0.15, 0.2) is 17.3 Å². The number of sulfonamides is 1. The van der Waals surface area contributed by atoms with Crippen molar-refractivity contribution in [3.05, 3.63) is 12.4 Å². The van der Waals surface area contributed by atoms with Crippen molar-refractivity contribution >= 4 is 10.0 Å². The lowest BCUT2D eigenvalue weighted by Gasteiger charge is -2.24. The van der Waals surface area contributed by atoms with Gasteiger partial charge in [0.2, 0.25) is 10.0 Å². The van der Waals surface area contributed by atoms with E-state index in [-0.39, 0.29) is 6.04 Å². The Morgan fingerprint density at radius 1 is 1.24 bits per heavy atom. The monoisotopic (exact) mass is 312 g/mol. The molecule has 118 valence electrons. The van der Waals surface area contributed by atoms with Gasteiger partial charge in [-0.2, -0.15) is 9.40 Å². The van der Waals surface area contributed by atoms with Crippen LogP contribution in [0.25, 0.3) is 0 Å². The number of hydrogen-bond acceptors (Lipinski definition) is 4. The summed E-state index contributed by atoms with van der Waals surface area (Å²) in [5.41, 5.74) is 0. The molecule has 0 aromatic carbocycles. The Morgan fingerprint density at radius 2 is 1.95 bits per heavy atom. The van der Waals surface area contributed by atoms with E-state index >= 15 is 0 Å². The highest BCUT2D eigenvalue weighted by Gasteiger charge is 2.39. The third-order valence-electron chi connectivity index (χ3n) is 4.86. The fourth-order valence-corrected chi connectivity index (χ4v) is 4.81. The molecule has 0 amide bonds. The van der Waals surface area contributed by atoms with Crippen LogP contribution in [0.2, 0.25) is 0 Å². The molecule has 0 saturated carbocycles. The highest BCUT2D eigenvalue weighted by Crippen LogP contribution is 2.30. The molecule has 0 spiro atoms. The van der Waals surface area contributed by atoms with Crippen molar-refractivity contribution in [2.45, 2.75) is 56.1 Å². The van der Waals surface area contributed by atoms with Crippen LogP contribution in [-0.2, 0) is 10.0 Å². The van der Waals surface area contributed by atoms with Crippen molar-refractivity contribution in [3.63, 3.8) is 0 Å². The van der Waals surface area contributed by atoms with Crippen molar-refractivity contribution in [2.24, 2.45) is 0 Å². The molecule has 2 atom stereocenters. The molecule has 0 unspecified atom stereocenters. The van der Waals surface area contributed by atoms with Crippen molar-refractivity contribution < 1.29 is 8.42 Å². The summed E-state index contributed by atoms with van der Waals surface area (Å²) in [4.78, 5) is 2.67. The molecule has 2 aliphatic rings. The summed E-state index contributed by atoms with van der Waals surface area (Å²) in [5.74, 6) is 0. The standard InChI is InChI=1S/C14H24N4O2S/c1-11(2)18-10-14(8-15-18)21(19,20)17-7-6-12-4-5-13(9-17)16(12)3/h8,10-13H,4-7,9H2,1-3H3/t12-,13+/m1/s1. The molecular weight excluding hydrogens is 288 g/mol. The van der Waals surface area contributed by atoms with Gasteiger partial charge < -0.3 is 0 Å². The molecule has 7 heteroatoms. The minimum atomic E-state index is -3.42. The van der Waals surface area contributed by atoms with Crippen LogP contribution in [0, 0.1) is 0 Å². The molecule has 2 fully saturated rings. The number of fused-ring (bicyclic) bond motifs is 2. The summed E-state index contributed by atoms with van der Waals surface area (Å²) in [6.45, 7) is 5.19. The predicted molar refractivity (Wildman–Crippen MR) is 80.6 cm³/mol. The second kappa shape index (κ2) is 5.37. The quantitative estimate of drug-likeness (QED) is 0.845. The SMILES string of the molecule is CC(C)n1cc(S(=O)(=O)N2CC[C@H]3CC[C@@H](C2)N3C)cn1. The number of hydrogen-bond donors (Lipinski definition) is 0. The van der Waals surface area contributed by atoms with Crippen LogP contribution >= 0.6 is 0 Å². The van der Waals surface area contributed by atoms with E-state index in [1.165, 1.54) is 12.6 Å². The van der Waals surface area contributed by atoms with E-state index in [1.54, 1.807) is 15.2 Å². The van der Waals surface area contributed by atoms with Gasteiger partial charge in [0.05, 0.1) is 6.20 Å². The largest absolute Gasteiger partial charge is 0.299 e. The van der Waals surface area contributed by atoms with Gasteiger partial charge in [-0.15, -0.1) is 0 Å². The molecule has 3 rings (SSSR count). The smallest absolute Gasteiger partial charge is 0.246 e. The van der Waals surface area contributed by atoms with Crippen LogP contribution in [-0.4, -0.2) is 59.6 Å². The molecule has 6 nitrogen and oxygen atoms in total. The van der Waals surface area contributed by atoms with E-state index in [2.05, 4.69) is 17.0 Å². The van der Waals surface area contributed by atoms with Gasteiger partial charge in [0.25, 0.3) is 0 Å². The molecule has 1 aromatic rings. The number of likely N-dealkylation sites (N-methyl/N-ethyl adjacent to an activating group) is 1. The fraction of sp³-hybridized carbons (Fsp3) is 0.786. The first kappa shape index (κ1) is 15.0. The fourth-order valence-electron chi connectivity index (χ4n) is 3.38. The van der Waals surface area contributed by atoms with Crippen LogP contribution in [0.4, 0.5) is 0 Å². The van der Waals surface area contributed by atoms with Crippen molar-refractivity contribution in [1.82, 2.24) is 19.0 Å². The first-order valence-electron chi connectivity index (χ1n) is 7.66. The Bertz CT molecular complexity index is 610. The maximum absolute atomic E-state index is 12.8. The Hall–Kier alpha value is -0.920. The van der Waals surface area contributed by atoms with Gasteiger partial charge >= 0.3 is 0 Å². The Kier molecular flexibility index (Phi) is 3.83. The van der Waals surface area contributed by atoms with Crippen LogP contribution in [0.5, 0.6) is 0 Å². The first-order valence-corrected chi connectivity index (χ1v) is 9.10. The van der Waals surface area contributed by atoms with Gasteiger partial charge in [-0.25, -0.2) is 8.42 Å². The molecule has 2 saturated heterocycles. The molecule has 0 radical (unpaired) electrons. The third-order valence-corrected chi connectivity index (χ3v) is 6.67. The van der Waals surface area contributed by atoms with Crippen LogP contribution in [0.1, 0.15) is 39.2 Å².